The Balaban J connectivity index is 2.39. The maximum Gasteiger partial charge on any atom is 0.242 e. The Morgan fingerprint density at radius 2 is 2.14 bits per heavy atom. The Morgan fingerprint density at radius 1 is 1.48 bits per heavy atom. The SMILES string of the molecule is CCC(N)C(c1cc(Br)cs1)N1CCN(C)C(=O)C1(C)C. The predicted octanol–water partition coefficient (Wildman–Crippen LogP) is 2.84. The van der Waals surface area contributed by atoms with Gasteiger partial charge in [-0.3, -0.25) is 9.69 Å². The zero-order valence-electron chi connectivity index (χ0n) is 13.1. The van der Waals surface area contributed by atoms with Crippen molar-refractivity contribution in [2.45, 2.75) is 44.8 Å². The van der Waals surface area contributed by atoms with Gasteiger partial charge in [-0.15, -0.1) is 11.3 Å². The standard InChI is InChI=1S/C15H24BrN3OS/c1-5-11(17)13(12-8-10(16)9-21-12)19-7-6-18(4)14(20)15(19,2)3/h8-9,11,13H,5-7,17H2,1-4H3. The number of hydrogen-bond donors (Lipinski definition) is 1. The van der Waals surface area contributed by atoms with Gasteiger partial charge in [0.05, 0.1) is 11.6 Å². The lowest BCUT2D eigenvalue weighted by Gasteiger charge is -2.49. The molecule has 0 spiro atoms. The van der Waals surface area contributed by atoms with Gasteiger partial charge in [-0.2, -0.15) is 0 Å². The smallest absolute Gasteiger partial charge is 0.242 e. The van der Waals surface area contributed by atoms with Crippen LogP contribution in [0.1, 0.15) is 38.1 Å². The first kappa shape index (κ1) is 16.9. The highest BCUT2D eigenvalue weighted by Crippen LogP contribution is 2.37. The second-order valence-electron chi connectivity index (χ2n) is 6.16. The topological polar surface area (TPSA) is 49.6 Å². The molecule has 2 atom stereocenters. The van der Waals surface area contributed by atoms with Gasteiger partial charge >= 0.3 is 0 Å². The third kappa shape index (κ3) is 3.18. The summed E-state index contributed by atoms with van der Waals surface area (Å²) >= 11 is 5.23. The van der Waals surface area contributed by atoms with Crippen LogP contribution in [-0.2, 0) is 4.79 Å². The Hall–Kier alpha value is -0.430. The molecule has 0 saturated carbocycles. The minimum absolute atomic E-state index is 0.0195. The van der Waals surface area contributed by atoms with Crippen molar-refractivity contribution in [2.24, 2.45) is 5.73 Å². The van der Waals surface area contributed by atoms with E-state index in [2.05, 4.69) is 39.2 Å². The van der Waals surface area contributed by atoms with Crippen LogP contribution in [-0.4, -0.2) is 47.4 Å². The van der Waals surface area contributed by atoms with Crippen molar-refractivity contribution in [3.05, 3.63) is 20.8 Å². The number of carbonyl (C=O) groups is 1. The Bertz CT molecular complexity index is 517. The zero-order valence-corrected chi connectivity index (χ0v) is 15.5. The highest BCUT2D eigenvalue weighted by molar-refractivity contribution is 9.10. The number of thiophene rings is 1. The van der Waals surface area contributed by atoms with Crippen molar-refractivity contribution < 1.29 is 4.79 Å². The van der Waals surface area contributed by atoms with Crippen LogP contribution in [0.25, 0.3) is 0 Å². The van der Waals surface area contributed by atoms with Gasteiger partial charge in [-0.25, -0.2) is 0 Å². The fourth-order valence-electron chi connectivity index (χ4n) is 3.02. The molecule has 1 aliphatic rings. The highest BCUT2D eigenvalue weighted by Gasteiger charge is 2.45. The van der Waals surface area contributed by atoms with Crippen LogP contribution in [0.3, 0.4) is 0 Å². The number of halogens is 1. The van der Waals surface area contributed by atoms with Crippen LogP contribution >= 0.6 is 27.3 Å². The number of likely N-dealkylation sites (N-methyl/N-ethyl adjacent to an activating group) is 1. The molecule has 1 aliphatic heterocycles. The Kier molecular flexibility index (Phi) is 5.13. The first-order valence-electron chi connectivity index (χ1n) is 7.30. The highest BCUT2D eigenvalue weighted by atomic mass is 79.9. The van der Waals surface area contributed by atoms with E-state index >= 15 is 0 Å². The first-order chi connectivity index (χ1) is 9.78. The molecule has 0 bridgehead atoms. The molecule has 1 saturated heterocycles. The summed E-state index contributed by atoms with van der Waals surface area (Å²) in [6.45, 7) is 7.71. The fraction of sp³-hybridized carbons (Fsp3) is 0.667. The van der Waals surface area contributed by atoms with E-state index in [1.807, 2.05) is 25.8 Å². The largest absolute Gasteiger partial charge is 0.343 e. The molecule has 118 valence electrons. The molecular weight excluding hydrogens is 350 g/mol. The van der Waals surface area contributed by atoms with E-state index in [1.165, 1.54) is 4.88 Å². The second kappa shape index (κ2) is 6.36. The van der Waals surface area contributed by atoms with Gasteiger partial charge in [0.2, 0.25) is 5.91 Å². The maximum absolute atomic E-state index is 12.5. The molecule has 0 aromatic carbocycles. The van der Waals surface area contributed by atoms with E-state index in [0.717, 1.165) is 24.0 Å². The first-order valence-corrected chi connectivity index (χ1v) is 8.98. The Labute approximate surface area is 139 Å². The van der Waals surface area contributed by atoms with Gasteiger partial charge < -0.3 is 10.6 Å². The molecule has 2 heterocycles. The third-order valence-corrected chi connectivity index (χ3v) is 6.12. The van der Waals surface area contributed by atoms with Crippen molar-refractivity contribution in [1.82, 2.24) is 9.80 Å². The lowest BCUT2D eigenvalue weighted by Crippen LogP contribution is -2.64. The number of carbonyl (C=O) groups excluding carboxylic acids is 1. The van der Waals surface area contributed by atoms with Gasteiger partial charge in [0.15, 0.2) is 0 Å². The van der Waals surface area contributed by atoms with Crippen LogP contribution in [0.2, 0.25) is 0 Å². The molecule has 2 rings (SSSR count). The van der Waals surface area contributed by atoms with E-state index in [0.29, 0.717) is 0 Å². The number of piperazine rings is 1. The summed E-state index contributed by atoms with van der Waals surface area (Å²) in [5.74, 6) is 0.165. The summed E-state index contributed by atoms with van der Waals surface area (Å²) in [4.78, 5) is 17.9. The molecule has 1 aromatic heterocycles. The summed E-state index contributed by atoms with van der Waals surface area (Å²) < 4.78 is 1.08. The molecule has 21 heavy (non-hydrogen) atoms. The molecule has 2 N–H and O–H groups in total. The zero-order chi connectivity index (χ0) is 15.8. The van der Waals surface area contributed by atoms with E-state index in [-0.39, 0.29) is 18.0 Å². The van der Waals surface area contributed by atoms with Crippen LogP contribution in [0.5, 0.6) is 0 Å². The molecule has 1 amide bonds. The second-order valence-corrected chi connectivity index (χ2v) is 8.02. The summed E-state index contributed by atoms with van der Waals surface area (Å²) in [5, 5.41) is 2.08. The molecule has 4 nitrogen and oxygen atoms in total. The average molecular weight is 374 g/mol. The van der Waals surface area contributed by atoms with Crippen LogP contribution in [0.4, 0.5) is 0 Å². The number of nitrogens with zero attached hydrogens (tertiary/aromatic N) is 2. The van der Waals surface area contributed by atoms with Gasteiger partial charge in [-0.1, -0.05) is 6.92 Å². The summed E-state index contributed by atoms with van der Waals surface area (Å²) in [6, 6.07) is 2.23. The Morgan fingerprint density at radius 3 is 2.67 bits per heavy atom. The number of hydrogen-bond acceptors (Lipinski definition) is 4. The van der Waals surface area contributed by atoms with Crippen LogP contribution in [0, 0.1) is 0 Å². The number of nitrogens with two attached hydrogens (primary N) is 1. The van der Waals surface area contributed by atoms with E-state index in [9.17, 15) is 4.79 Å². The molecule has 1 aromatic rings. The van der Waals surface area contributed by atoms with Crippen molar-refractivity contribution in [1.29, 1.82) is 0 Å². The van der Waals surface area contributed by atoms with E-state index in [4.69, 9.17) is 5.73 Å². The average Bonchev–Trinajstić information content (AvgIpc) is 2.85. The maximum atomic E-state index is 12.5. The summed E-state index contributed by atoms with van der Waals surface area (Å²) in [6.07, 6.45) is 0.886. The minimum Gasteiger partial charge on any atom is -0.343 e. The number of rotatable bonds is 4. The third-order valence-electron chi connectivity index (χ3n) is 4.36. The lowest BCUT2D eigenvalue weighted by atomic mass is 9.91. The fourth-order valence-corrected chi connectivity index (χ4v) is 4.65. The molecular formula is C15H24BrN3OS. The van der Waals surface area contributed by atoms with Gasteiger partial charge in [0.25, 0.3) is 0 Å². The normalized spacial score (nSPS) is 22.4. The predicted molar refractivity (Wildman–Crippen MR) is 91.4 cm³/mol. The summed E-state index contributed by atoms with van der Waals surface area (Å²) in [5.41, 5.74) is 5.89. The van der Waals surface area contributed by atoms with E-state index in [1.54, 1.807) is 11.3 Å². The molecule has 2 unspecified atom stereocenters. The molecule has 0 radical (unpaired) electrons. The van der Waals surface area contributed by atoms with Gasteiger partial charge in [-0.05, 0) is 42.3 Å². The van der Waals surface area contributed by atoms with Gasteiger partial charge in [0.1, 0.15) is 0 Å². The van der Waals surface area contributed by atoms with Crippen molar-refractivity contribution >= 4 is 33.2 Å². The monoisotopic (exact) mass is 373 g/mol. The van der Waals surface area contributed by atoms with Crippen LogP contribution < -0.4 is 5.73 Å². The van der Waals surface area contributed by atoms with Crippen molar-refractivity contribution in [2.75, 3.05) is 20.1 Å². The van der Waals surface area contributed by atoms with Crippen molar-refractivity contribution in [3.8, 4) is 0 Å². The van der Waals surface area contributed by atoms with E-state index < -0.39 is 5.54 Å². The quantitative estimate of drug-likeness (QED) is 0.882. The molecule has 6 heteroatoms. The van der Waals surface area contributed by atoms with Crippen LogP contribution in [0.15, 0.2) is 15.9 Å². The molecule has 1 fully saturated rings. The lowest BCUT2D eigenvalue weighted by molar-refractivity contribution is -0.150. The van der Waals surface area contributed by atoms with Crippen molar-refractivity contribution in [3.63, 3.8) is 0 Å². The van der Waals surface area contributed by atoms with Gasteiger partial charge in [0, 0.05) is 40.9 Å². The number of amides is 1. The molecule has 0 aliphatic carbocycles. The summed E-state index contributed by atoms with van der Waals surface area (Å²) in [7, 11) is 1.87. The minimum atomic E-state index is -0.527.